The minimum Gasteiger partial charge on any atom is -0.508 e. The molecule has 6 rings (SSSR count). The van der Waals surface area contributed by atoms with Crippen LogP contribution in [0.3, 0.4) is 0 Å². The molecule has 3 atom stereocenters. The van der Waals surface area contributed by atoms with E-state index >= 15 is 4.39 Å². The summed E-state index contributed by atoms with van der Waals surface area (Å²) < 4.78 is 28.8. The number of halogens is 1. The summed E-state index contributed by atoms with van der Waals surface area (Å²) in [5.41, 5.74) is 3.34. The molecule has 0 amide bonds. The Bertz CT molecular complexity index is 1220. The van der Waals surface area contributed by atoms with Crippen LogP contribution in [0, 0.1) is 0 Å². The van der Waals surface area contributed by atoms with E-state index in [9.17, 15) is 5.11 Å². The third kappa shape index (κ3) is 3.66. The van der Waals surface area contributed by atoms with Crippen LogP contribution in [0.25, 0.3) is 10.9 Å². The van der Waals surface area contributed by atoms with Crippen LogP contribution in [-0.2, 0) is 11.2 Å². The maximum Gasteiger partial charge on any atom is 0.150 e. The Balaban J connectivity index is 1.49. The number of phenolic OH excluding ortho intramolecular Hbond substituents is 1. The molecule has 1 saturated heterocycles. The second-order valence-electron chi connectivity index (χ2n) is 10.2. The molecule has 2 aromatic carbocycles. The summed E-state index contributed by atoms with van der Waals surface area (Å²) in [5.74, 6) is 0.773. The van der Waals surface area contributed by atoms with Gasteiger partial charge in [-0.05, 0) is 74.8 Å². The SMILES string of the molecule is COc1cc(O)ccc1[C@@H]1c2ccc3c(cnn3C3CCCCO3)c2C[C@@H](C)N1CC1(F)CC1. The third-order valence-corrected chi connectivity index (χ3v) is 7.82. The molecule has 0 radical (unpaired) electrons. The fourth-order valence-corrected chi connectivity index (χ4v) is 5.81. The van der Waals surface area contributed by atoms with Crippen LogP contribution < -0.4 is 4.74 Å². The van der Waals surface area contributed by atoms with E-state index in [2.05, 4.69) is 24.0 Å². The first-order chi connectivity index (χ1) is 16.5. The van der Waals surface area contributed by atoms with Gasteiger partial charge in [0.15, 0.2) is 6.23 Å². The van der Waals surface area contributed by atoms with E-state index in [1.54, 1.807) is 19.2 Å². The molecule has 2 aliphatic heterocycles. The Kier molecular flexibility index (Phi) is 5.30. The molecular formula is C27H32FN3O3. The van der Waals surface area contributed by atoms with Crippen LogP contribution in [0.5, 0.6) is 11.5 Å². The van der Waals surface area contributed by atoms with Crippen LogP contribution in [0.15, 0.2) is 36.5 Å². The molecule has 0 bridgehead atoms. The molecular weight excluding hydrogens is 433 g/mol. The van der Waals surface area contributed by atoms with E-state index < -0.39 is 5.67 Å². The molecule has 0 spiro atoms. The summed E-state index contributed by atoms with van der Waals surface area (Å²) in [7, 11) is 1.62. The lowest BCUT2D eigenvalue weighted by molar-refractivity contribution is -0.0366. The van der Waals surface area contributed by atoms with Crippen LogP contribution in [0.4, 0.5) is 4.39 Å². The van der Waals surface area contributed by atoms with Crippen molar-refractivity contribution < 1.29 is 19.0 Å². The van der Waals surface area contributed by atoms with E-state index in [4.69, 9.17) is 14.6 Å². The normalized spacial score (nSPS) is 26.4. The first kappa shape index (κ1) is 21.9. The summed E-state index contributed by atoms with van der Waals surface area (Å²) >= 11 is 0. The van der Waals surface area contributed by atoms with Gasteiger partial charge in [-0.2, -0.15) is 5.10 Å². The summed E-state index contributed by atoms with van der Waals surface area (Å²) in [6, 6.07) is 9.53. The highest BCUT2D eigenvalue weighted by molar-refractivity contribution is 5.84. The largest absolute Gasteiger partial charge is 0.508 e. The number of phenols is 1. The van der Waals surface area contributed by atoms with Gasteiger partial charge < -0.3 is 14.6 Å². The lowest BCUT2D eigenvalue weighted by Gasteiger charge is -2.43. The summed E-state index contributed by atoms with van der Waals surface area (Å²) in [4.78, 5) is 2.28. The van der Waals surface area contributed by atoms with E-state index in [0.717, 1.165) is 54.3 Å². The molecule has 180 valence electrons. The van der Waals surface area contributed by atoms with Crippen molar-refractivity contribution in [1.29, 1.82) is 0 Å². The van der Waals surface area contributed by atoms with Crippen molar-refractivity contribution >= 4 is 10.9 Å². The minimum absolute atomic E-state index is 0.0175. The van der Waals surface area contributed by atoms with Crippen molar-refractivity contribution in [2.24, 2.45) is 0 Å². The number of aromatic hydroxyl groups is 1. The third-order valence-electron chi connectivity index (χ3n) is 7.82. The van der Waals surface area contributed by atoms with Crippen molar-refractivity contribution in [2.75, 3.05) is 20.3 Å². The molecule has 3 aromatic rings. The van der Waals surface area contributed by atoms with Crippen molar-refractivity contribution in [1.82, 2.24) is 14.7 Å². The van der Waals surface area contributed by atoms with Gasteiger partial charge in [0.25, 0.3) is 0 Å². The van der Waals surface area contributed by atoms with Gasteiger partial charge in [0.1, 0.15) is 17.2 Å². The van der Waals surface area contributed by atoms with Crippen LogP contribution in [-0.4, -0.2) is 51.8 Å². The van der Waals surface area contributed by atoms with E-state index in [-0.39, 0.29) is 24.1 Å². The van der Waals surface area contributed by atoms with Gasteiger partial charge in [-0.1, -0.05) is 6.07 Å². The molecule has 1 aromatic heterocycles. The zero-order valence-corrected chi connectivity index (χ0v) is 19.8. The molecule has 2 fully saturated rings. The highest BCUT2D eigenvalue weighted by Gasteiger charge is 2.48. The van der Waals surface area contributed by atoms with Gasteiger partial charge in [-0.25, -0.2) is 9.07 Å². The summed E-state index contributed by atoms with van der Waals surface area (Å²) in [5, 5.41) is 16.0. The van der Waals surface area contributed by atoms with Gasteiger partial charge in [0.2, 0.25) is 0 Å². The second kappa shape index (κ2) is 8.24. The molecule has 1 aliphatic carbocycles. The van der Waals surface area contributed by atoms with Crippen molar-refractivity contribution in [2.45, 2.75) is 69.4 Å². The Labute approximate surface area is 199 Å². The molecule has 1 saturated carbocycles. The Morgan fingerprint density at radius 1 is 1.21 bits per heavy atom. The molecule has 3 aliphatic rings. The topological polar surface area (TPSA) is 59.8 Å². The first-order valence-electron chi connectivity index (χ1n) is 12.4. The predicted molar refractivity (Wildman–Crippen MR) is 128 cm³/mol. The zero-order valence-electron chi connectivity index (χ0n) is 19.8. The predicted octanol–water partition coefficient (Wildman–Crippen LogP) is 5.29. The van der Waals surface area contributed by atoms with Gasteiger partial charge in [0.05, 0.1) is 24.9 Å². The summed E-state index contributed by atoms with van der Waals surface area (Å²) in [6.07, 6.45) is 7.25. The molecule has 6 nitrogen and oxygen atoms in total. The number of alkyl halides is 1. The van der Waals surface area contributed by atoms with E-state index in [0.29, 0.717) is 25.1 Å². The van der Waals surface area contributed by atoms with Crippen molar-refractivity contribution in [3.8, 4) is 11.5 Å². The number of benzene rings is 2. The number of nitrogens with zero attached hydrogens (tertiary/aromatic N) is 3. The van der Waals surface area contributed by atoms with E-state index in [1.165, 1.54) is 5.56 Å². The Hall–Kier alpha value is -2.64. The lowest BCUT2D eigenvalue weighted by atomic mass is 9.83. The first-order valence-corrected chi connectivity index (χ1v) is 12.4. The number of hydrogen-bond donors (Lipinski definition) is 1. The van der Waals surface area contributed by atoms with E-state index in [1.807, 2.05) is 16.9 Å². The van der Waals surface area contributed by atoms with Gasteiger partial charge in [-0.15, -0.1) is 0 Å². The Morgan fingerprint density at radius 3 is 2.76 bits per heavy atom. The monoisotopic (exact) mass is 465 g/mol. The fourth-order valence-electron chi connectivity index (χ4n) is 5.81. The average molecular weight is 466 g/mol. The maximum absolute atomic E-state index is 15.1. The number of hydrogen-bond acceptors (Lipinski definition) is 5. The Morgan fingerprint density at radius 2 is 2.03 bits per heavy atom. The zero-order chi connectivity index (χ0) is 23.4. The molecule has 1 unspecified atom stereocenters. The fraction of sp³-hybridized carbons (Fsp3) is 0.519. The number of aromatic nitrogens is 2. The van der Waals surface area contributed by atoms with Crippen molar-refractivity contribution in [3.63, 3.8) is 0 Å². The molecule has 34 heavy (non-hydrogen) atoms. The highest BCUT2D eigenvalue weighted by atomic mass is 19.1. The van der Waals surface area contributed by atoms with Gasteiger partial charge in [0, 0.05) is 36.2 Å². The quantitative estimate of drug-likeness (QED) is 0.555. The number of methoxy groups -OCH3 is 1. The second-order valence-corrected chi connectivity index (χ2v) is 10.2. The average Bonchev–Trinajstić information content (AvgIpc) is 3.41. The number of ether oxygens (including phenoxy) is 2. The maximum atomic E-state index is 15.1. The standard InChI is InChI=1S/C27H32FN3O3/c1-17-13-21-19(8-9-23-22(21)15-29-31(23)25-5-3-4-12-34-25)26(30(17)16-27(28)10-11-27)20-7-6-18(32)14-24(20)33-2/h6-9,14-15,17,25-26,32H,3-5,10-13,16H2,1-2H3/t17-,25?,26+/m1/s1. The van der Waals surface area contributed by atoms with Gasteiger partial charge >= 0.3 is 0 Å². The van der Waals surface area contributed by atoms with Crippen LogP contribution >= 0.6 is 0 Å². The number of rotatable bonds is 5. The molecule has 7 heteroatoms. The highest BCUT2D eigenvalue weighted by Crippen LogP contribution is 2.48. The molecule has 1 N–H and O–H groups in total. The van der Waals surface area contributed by atoms with Crippen molar-refractivity contribution in [3.05, 3.63) is 53.2 Å². The lowest BCUT2D eigenvalue weighted by Crippen LogP contribution is -2.46. The van der Waals surface area contributed by atoms with Crippen LogP contribution in [0.1, 0.15) is 68.0 Å². The summed E-state index contributed by atoms with van der Waals surface area (Å²) in [6.45, 7) is 3.36. The number of fused-ring (bicyclic) bond motifs is 3. The van der Waals surface area contributed by atoms with Crippen LogP contribution in [0.2, 0.25) is 0 Å². The van der Waals surface area contributed by atoms with Gasteiger partial charge in [-0.3, -0.25) is 4.90 Å². The molecule has 3 heterocycles. The minimum atomic E-state index is -1.11. The smallest absolute Gasteiger partial charge is 0.150 e.